The molecule has 0 amide bonds. The van der Waals surface area contributed by atoms with E-state index in [1.165, 1.54) is 4.68 Å². The second-order valence-electron chi connectivity index (χ2n) is 6.44. The monoisotopic (exact) mass is 448 g/mol. The highest BCUT2D eigenvalue weighted by molar-refractivity contribution is 8.93. The van der Waals surface area contributed by atoms with Gasteiger partial charge in [-0.2, -0.15) is 5.10 Å². The average Bonchev–Trinajstić information content (AvgIpc) is 3.07. The number of anilines is 1. The molecule has 0 radical (unpaired) electrons. The summed E-state index contributed by atoms with van der Waals surface area (Å²) in [7, 11) is 0. The van der Waals surface area contributed by atoms with Crippen LogP contribution in [0.3, 0.4) is 0 Å². The Labute approximate surface area is 174 Å². The van der Waals surface area contributed by atoms with Crippen LogP contribution in [0.4, 0.5) is 5.13 Å². The van der Waals surface area contributed by atoms with Gasteiger partial charge in [-0.15, -0.1) is 17.0 Å². The van der Waals surface area contributed by atoms with Crippen molar-refractivity contribution in [2.24, 2.45) is 0 Å². The normalized spacial score (nSPS) is 10.7. The van der Waals surface area contributed by atoms with E-state index in [4.69, 9.17) is 4.98 Å². The molecule has 0 aliphatic rings. The largest absolute Gasteiger partial charge is 0.361 e. The molecule has 0 spiro atoms. The Bertz CT molecular complexity index is 921. The lowest BCUT2D eigenvalue weighted by molar-refractivity contribution is 0.505. The molecule has 27 heavy (non-hydrogen) atoms. The Morgan fingerprint density at radius 1 is 1.15 bits per heavy atom. The summed E-state index contributed by atoms with van der Waals surface area (Å²) in [4.78, 5) is 17.8. The van der Waals surface area contributed by atoms with Crippen LogP contribution < -0.4 is 10.9 Å². The molecule has 2 aromatic heterocycles. The first-order valence-electron chi connectivity index (χ1n) is 9.00. The smallest absolute Gasteiger partial charge is 0.267 e. The molecule has 7 heteroatoms. The van der Waals surface area contributed by atoms with Crippen LogP contribution in [0, 0.1) is 0 Å². The van der Waals surface area contributed by atoms with E-state index in [0.717, 1.165) is 46.3 Å². The first-order chi connectivity index (χ1) is 12.6. The molecule has 0 bridgehead atoms. The van der Waals surface area contributed by atoms with Gasteiger partial charge in [0.2, 0.25) is 0 Å². The van der Waals surface area contributed by atoms with Gasteiger partial charge in [0.05, 0.1) is 16.6 Å². The molecule has 5 nitrogen and oxygen atoms in total. The molecule has 3 aromatic rings. The number of aromatic nitrogens is 3. The zero-order valence-corrected chi connectivity index (χ0v) is 18.3. The van der Waals surface area contributed by atoms with Crippen molar-refractivity contribution in [3.63, 3.8) is 0 Å². The van der Waals surface area contributed by atoms with Gasteiger partial charge in [-0.05, 0) is 26.3 Å². The molecule has 144 valence electrons. The van der Waals surface area contributed by atoms with Crippen LogP contribution >= 0.6 is 28.3 Å². The molecule has 1 aromatic carbocycles. The molecule has 0 saturated carbocycles. The van der Waals surface area contributed by atoms with Gasteiger partial charge in [-0.25, -0.2) is 9.67 Å². The highest BCUT2D eigenvalue weighted by Gasteiger charge is 2.17. The topological polar surface area (TPSA) is 59.8 Å². The molecular weight excluding hydrogens is 424 g/mol. The lowest BCUT2D eigenvalue weighted by atomic mass is 10.1. The van der Waals surface area contributed by atoms with Crippen molar-refractivity contribution in [3.05, 3.63) is 52.8 Å². The molecule has 0 aliphatic heterocycles. The maximum atomic E-state index is 12.1. The van der Waals surface area contributed by atoms with E-state index in [2.05, 4.69) is 17.3 Å². The van der Waals surface area contributed by atoms with E-state index in [1.807, 2.05) is 44.2 Å². The first kappa shape index (κ1) is 21.3. The Morgan fingerprint density at radius 2 is 1.89 bits per heavy atom. The Kier molecular flexibility index (Phi) is 7.74. The van der Waals surface area contributed by atoms with Gasteiger partial charge < -0.3 is 5.32 Å². The second-order valence-corrected chi connectivity index (χ2v) is 7.44. The van der Waals surface area contributed by atoms with Crippen LogP contribution in [0.1, 0.15) is 39.7 Å². The fourth-order valence-electron chi connectivity index (χ4n) is 2.65. The summed E-state index contributed by atoms with van der Waals surface area (Å²) in [6.07, 6.45) is 2.24. The van der Waals surface area contributed by atoms with E-state index in [1.54, 1.807) is 23.5 Å². The van der Waals surface area contributed by atoms with Gasteiger partial charge in [-0.1, -0.05) is 55.0 Å². The van der Waals surface area contributed by atoms with Crippen molar-refractivity contribution in [2.75, 3.05) is 11.9 Å². The fourth-order valence-corrected chi connectivity index (χ4v) is 3.63. The summed E-state index contributed by atoms with van der Waals surface area (Å²) in [5.74, 6) is 0. The number of thiazole rings is 1. The zero-order valence-electron chi connectivity index (χ0n) is 15.8. The second kappa shape index (κ2) is 9.80. The molecule has 3 rings (SSSR count). The van der Waals surface area contributed by atoms with Crippen molar-refractivity contribution in [2.45, 2.75) is 39.7 Å². The minimum Gasteiger partial charge on any atom is -0.361 e. The van der Waals surface area contributed by atoms with Crippen molar-refractivity contribution < 1.29 is 0 Å². The van der Waals surface area contributed by atoms with Gasteiger partial charge in [0, 0.05) is 18.2 Å². The molecule has 0 atom stereocenters. The lowest BCUT2D eigenvalue weighted by Crippen LogP contribution is -2.23. The Hall–Kier alpha value is -1.99. The van der Waals surface area contributed by atoms with E-state index in [9.17, 15) is 4.79 Å². The highest BCUT2D eigenvalue weighted by atomic mass is 79.9. The number of halogens is 1. The maximum Gasteiger partial charge on any atom is 0.267 e. The predicted molar refractivity (Wildman–Crippen MR) is 119 cm³/mol. The Morgan fingerprint density at radius 3 is 2.56 bits per heavy atom. The third-order valence-electron chi connectivity index (χ3n) is 4.03. The van der Waals surface area contributed by atoms with Crippen molar-refractivity contribution in [3.8, 4) is 21.8 Å². The summed E-state index contributed by atoms with van der Waals surface area (Å²) < 4.78 is 1.52. The molecular formula is C20H25BrN4OS. The van der Waals surface area contributed by atoms with Gasteiger partial charge >= 0.3 is 0 Å². The van der Waals surface area contributed by atoms with E-state index in [0.29, 0.717) is 0 Å². The van der Waals surface area contributed by atoms with Crippen LogP contribution in [0.5, 0.6) is 0 Å². The van der Waals surface area contributed by atoms with Crippen molar-refractivity contribution in [1.82, 2.24) is 14.8 Å². The highest BCUT2D eigenvalue weighted by Crippen LogP contribution is 2.37. The number of unbranched alkanes of at least 4 members (excludes halogenated alkanes) is 1. The number of nitrogens with zero attached hydrogens (tertiary/aromatic N) is 3. The van der Waals surface area contributed by atoms with Crippen LogP contribution in [0.2, 0.25) is 0 Å². The fraction of sp³-hybridized carbons (Fsp3) is 0.350. The quantitative estimate of drug-likeness (QED) is 0.491. The third kappa shape index (κ3) is 5.05. The van der Waals surface area contributed by atoms with Crippen molar-refractivity contribution >= 4 is 33.4 Å². The molecule has 0 saturated heterocycles. The van der Waals surface area contributed by atoms with Crippen LogP contribution in [0.15, 0.2) is 47.3 Å². The minimum absolute atomic E-state index is 0. The summed E-state index contributed by atoms with van der Waals surface area (Å²) in [5.41, 5.74) is 2.64. The average molecular weight is 449 g/mol. The molecule has 2 heterocycles. The predicted octanol–water partition coefficient (Wildman–Crippen LogP) is 5.40. The van der Waals surface area contributed by atoms with Gasteiger partial charge in [0.15, 0.2) is 5.13 Å². The van der Waals surface area contributed by atoms with Gasteiger partial charge in [0.1, 0.15) is 5.69 Å². The third-order valence-corrected chi connectivity index (χ3v) is 5.06. The minimum atomic E-state index is -0.0872. The summed E-state index contributed by atoms with van der Waals surface area (Å²) in [6, 6.07) is 13.5. The van der Waals surface area contributed by atoms with E-state index < -0.39 is 0 Å². The number of nitrogens with one attached hydrogen (secondary N) is 1. The Balaban J connectivity index is 0.00000261. The molecule has 1 N–H and O–H groups in total. The molecule has 0 unspecified atom stereocenters. The van der Waals surface area contributed by atoms with Crippen LogP contribution in [0.25, 0.3) is 21.8 Å². The first-order valence-corrected chi connectivity index (χ1v) is 9.82. The number of hydrogen-bond acceptors (Lipinski definition) is 5. The van der Waals surface area contributed by atoms with Gasteiger partial charge in [0.25, 0.3) is 5.56 Å². The standard InChI is InChI=1S/C20H24N4OS.BrH/c1-4-5-13-21-20-22-18(15-9-7-6-8-10-15)19(26-20)16-11-12-17(25)24(23-16)14(2)3;/h6-12,14H,4-5,13H2,1-3H3,(H,21,22);1H. The van der Waals surface area contributed by atoms with E-state index >= 15 is 0 Å². The number of hydrogen-bond donors (Lipinski definition) is 1. The zero-order chi connectivity index (χ0) is 18.5. The summed E-state index contributed by atoms with van der Waals surface area (Å²) in [6.45, 7) is 6.99. The maximum absolute atomic E-state index is 12.1. The molecule has 0 fully saturated rings. The number of benzene rings is 1. The molecule has 0 aliphatic carbocycles. The SMILES string of the molecule is Br.CCCCNc1nc(-c2ccccc2)c(-c2ccc(=O)n(C(C)C)n2)s1. The van der Waals surface area contributed by atoms with E-state index in [-0.39, 0.29) is 28.6 Å². The number of rotatable bonds is 7. The van der Waals surface area contributed by atoms with Crippen LogP contribution in [-0.2, 0) is 0 Å². The summed E-state index contributed by atoms with van der Waals surface area (Å²) >= 11 is 1.58. The van der Waals surface area contributed by atoms with Crippen molar-refractivity contribution in [1.29, 1.82) is 0 Å². The lowest BCUT2D eigenvalue weighted by Gasteiger charge is -2.09. The summed E-state index contributed by atoms with van der Waals surface area (Å²) in [5, 5.41) is 8.88. The van der Waals surface area contributed by atoms with Crippen LogP contribution in [-0.4, -0.2) is 21.3 Å². The van der Waals surface area contributed by atoms with Gasteiger partial charge in [-0.3, -0.25) is 4.79 Å².